The first-order valence-electron chi connectivity index (χ1n) is 11.8. The Morgan fingerprint density at radius 1 is 0.833 bits per heavy atom. The fourth-order valence-corrected chi connectivity index (χ4v) is 4.77. The fourth-order valence-electron chi connectivity index (χ4n) is 3.84. The van der Waals surface area contributed by atoms with Crippen molar-refractivity contribution in [2.45, 2.75) is 24.8 Å². The van der Waals surface area contributed by atoms with Crippen molar-refractivity contribution >= 4 is 22.6 Å². The molecule has 0 aliphatic rings. The number of aliphatic imine (C=N–C) groups is 1. The second-order valence-electron chi connectivity index (χ2n) is 8.50. The molecule has 0 aromatic heterocycles. The quantitative estimate of drug-likeness (QED) is 0.156. The minimum absolute atomic E-state index is 0.231. The predicted molar refractivity (Wildman–Crippen MR) is 147 cm³/mol. The lowest BCUT2D eigenvalue weighted by atomic mass is 10.1. The smallest absolute Gasteiger partial charge is 0.169 e. The molecule has 5 nitrogen and oxygen atoms in total. The van der Waals surface area contributed by atoms with E-state index in [1.807, 2.05) is 67.6 Å². The van der Waals surface area contributed by atoms with Crippen molar-refractivity contribution in [2.24, 2.45) is 4.99 Å². The average molecular weight is 499 g/mol. The number of aryl methyl sites for hydroxylation is 1. The summed E-state index contributed by atoms with van der Waals surface area (Å²) in [5, 5.41) is 20.8. The molecule has 0 aliphatic heterocycles. The number of rotatable bonds is 8. The predicted octanol–water partition coefficient (Wildman–Crippen LogP) is 6.94. The van der Waals surface area contributed by atoms with Gasteiger partial charge in [0.25, 0.3) is 0 Å². The van der Waals surface area contributed by atoms with Crippen LogP contribution in [-0.2, 0) is 13.0 Å². The summed E-state index contributed by atoms with van der Waals surface area (Å²) in [6.07, 6.45) is 0.715. The molecular formula is C30H30N2O3S. The number of aromatic hydroxyl groups is 2. The number of nitrogens with zero attached hydrogens (tertiary/aromatic N) is 2. The number of amidine groups is 1. The summed E-state index contributed by atoms with van der Waals surface area (Å²) in [6.45, 7) is 3.25. The SMILES string of the molecule is COc1ccc(C)cc1N=C(Sc1ccccc1)N(CCc1cccc(O)c1)Cc1cccc(O)c1. The van der Waals surface area contributed by atoms with Gasteiger partial charge in [0.1, 0.15) is 22.9 Å². The lowest BCUT2D eigenvalue weighted by molar-refractivity contribution is 0.413. The molecule has 0 heterocycles. The van der Waals surface area contributed by atoms with E-state index < -0.39 is 0 Å². The Kier molecular flexibility index (Phi) is 8.53. The van der Waals surface area contributed by atoms with Gasteiger partial charge in [-0.2, -0.15) is 0 Å². The van der Waals surface area contributed by atoms with Crippen molar-refractivity contribution in [2.75, 3.05) is 13.7 Å². The minimum atomic E-state index is 0.231. The van der Waals surface area contributed by atoms with Crippen molar-refractivity contribution in [3.05, 3.63) is 114 Å². The Morgan fingerprint density at radius 2 is 1.53 bits per heavy atom. The highest BCUT2D eigenvalue weighted by molar-refractivity contribution is 8.13. The highest BCUT2D eigenvalue weighted by atomic mass is 32.2. The Balaban J connectivity index is 1.75. The zero-order chi connectivity index (χ0) is 25.3. The van der Waals surface area contributed by atoms with Gasteiger partial charge >= 0.3 is 0 Å². The van der Waals surface area contributed by atoms with E-state index in [1.54, 1.807) is 43.1 Å². The van der Waals surface area contributed by atoms with Gasteiger partial charge in [-0.25, -0.2) is 4.99 Å². The molecule has 0 radical (unpaired) electrons. The third-order valence-electron chi connectivity index (χ3n) is 5.64. The van der Waals surface area contributed by atoms with E-state index in [9.17, 15) is 10.2 Å². The van der Waals surface area contributed by atoms with Crippen LogP contribution in [0.1, 0.15) is 16.7 Å². The van der Waals surface area contributed by atoms with Crippen molar-refractivity contribution in [1.82, 2.24) is 4.90 Å². The van der Waals surface area contributed by atoms with E-state index in [1.165, 1.54) is 0 Å². The largest absolute Gasteiger partial charge is 0.508 e. The molecule has 36 heavy (non-hydrogen) atoms. The van der Waals surface area contributed by atoms with Gasteiger partial charge in [-0.3, -0.25) is 0 Å². The van der Waals surface area contributed by atoms with Crippen LogP contribution >= 0.6 is 11.8 Å². The van der Waals surface area contributed by atoms with E-state index in [2.05, 4.69) is 17.0 Å². The minimum Gasteiger partial charge on any atom is -0.508 e. The first-order chi connectivity index (χ1) is 17.5. The third-order valence-corrected chi connectivity index (χ3v) is 6.68. The molecule has 184 valence electrons. The second-order valence-corrected chi connectivity index (χ2v) is 9.54. The molecule has 4 aromatic rings. The molecule has 0 atom stereocenters. The van der Waals surface area contributed by atoms with Crippen LogP contribution < -0.4 is 4.74 Å². The van der Waals surface area contributed by atoms with E-state index in [0.717, 1.165) is 32.4 Å². The maximum Gasteiger partial charge on any atom is 0.169 e. The lowest BCUT2D eigenvalue weighted by Crippen LogP contribution is -2.30. The molecule has 0 bridgehead atoms. The van der Waals surface area contributed by atoms with E-state index in [-0.39, 0.29) is 11.5 Å². The van der Waals surface area contributed by atoms with E-state index >= 15 is 0 Å². The molecule has 0 saturated carbocycles. The van der Waals surface area contributed by atoms with Gasteiger partial charge in [0.15, 0.2) is 5.17 Å². The summed E-state index contributed by atoms with van der Waals surface area (Å²) in [7, 11) is 1.65. The zero-order valence-electron chi connectivity index (χ0n) is 20.5. The number of benzene rings is 4. The summed E-state index contributed by atoms with van der Waals surface area (Å²) in [5.74, 6) is 1.19. The standard InChI is InChI=1S/C30H30N2O3S/c1-22-14-15-29(35-2)28(18-22)31-30(36-27-12-4-3-5-13-27)32(21-24-9-7-11-26(34)20-24)17-16-23-8-6-10-25(33)19-23/h3-15,18-20,33-34H,16-17,21H2,1-2H3. The lowest BCUT2D eigenvalue weighted by Gasteiger charge is -2.26. The Morgan fingerprint density at radius 3 is 2.22 bits per heavy atom. The van der Waals surface area contributed by atoms with Crippen LogP contribution in [0.4, 0.5) is 5.69 Å². The molecule has 0 unspecified atom stereocenters. The highest BCUT2D eigenvalue weighted by Gasteiger charge is 2.17. The van der Waals surface area contributed by atoms with Gasteiger partial charge in [-0.05, 0) is 78.6 Å². The van der Waals surface area contributed by atoms with Crippen LogP contribution in [-0.4, -0.2) is 33.9 Å². The van der Waals surface area contributed by atoms with Crippen molar-refractivity contribution in [3.63, 3.8) is 0 Å². The summed E-state index contributed by atoms with van der Waals surface area (Å²) in [4.78, 5) is 8.38. The molecule has 2 N–H and O–H groups in total. The van der Waals surface area contributed by atoms with Crippen molar-refractivity contribution < 1.29 is 14.9 Å². The topological polar surface area (TPSA) is 65.3 Å². The van der Waals surface area contributed by atoms with Crippen LogP contribution in [0, 0.1) is 6.92 Å². The summed E-state index contributed by atoms with van der Waals surface area (Å²) in [6, 6.07) is 30.7. The van der Waals surface area contributed by atoms with Gasteiger partial charge in [-0.15, -0.1) is 0 Å². The number of methoxy groups -OCH3 is 1. The van der Waals surface area contributed by atoms with Crippen LogP contribution in [0.3, 0.4) is 0 Å². The third kappa shape index (κ3) is 7.06. The molecular weight excluding hydrogens is 468 g/mol. The molecule has 4 rings (SSSR count). The molecule has 0 fully saturated rings. The van der Waals surface area contributed by atoms with Gasteiger partial charge in [0.05, 0.1) is 7.11 Å². The summed E-state index contributed by atoms with van der Waals surface area (Å²) in [5.41, 5.74) is 3.86. The first kappa shape index (κ1) is 25.2. The van der Waals surface area contributed by atoms with Gasteiger partial charge < -0.3 is 19.8 Å². The number of hydrogen-bond acceptors (Lipinski definition) is 5. The molecule has 0 aliphatic carbocycles. The Labute approximate surface area is 216 Å². The Bertz CT molecular complexity index is 1320. The van der Waals surface area contributed by atoms with Crippen molar-refractivity contribution in [1.29, 1.82) is 0 Å². The maximum atomic E-state index is 10.1. The fraction of sp³-hybridized carbons (Fsp3) is 0.167. The van der Waals surface area contributed by atoms with E-state index in [4.69, 9.17) is 9.73 Å². The van der Waals surface area contributed by atoms with Gasteiger partial charge in [0.2, 0.25) is 0 Å². The normalized spacial score (nSPS) is 11.3. The molecule has 0 spiro atoms. The molecule has 4 aromatic carbocycles. The highest BCUT2D eigenvalue weighted by Crippen LogP contribution is 2.32. The number of thioether (sulfide) groups is 1. The molecule has 0 amide bonds. The number of phenolic OH excluding ortho intramolecular Hbond substituents is 2. The Hall–Kier alpha value is -3.90. The monoisotopic (exact) mass is 498 g/mol. The number of ether oxygens (including phenoxy) is 1. The van der Waals surface area contributed by atoms with E-state index in [0.29, 0.717) is 25.3 Å². The van der Waals surface area contributed by atoms with Gasteiger partial charge in [0, 0.05) is 18.0 Å². The van der Waals surface area contributed by atoms with Crippen LogP contribution in [0.25, 0.3) is 0 Å². The molecule has 0 saturated heterocycles. The molecule has 6 heteroatoms. The van der Waals surface area contributed by atoms with Crippen LogP contribution in [0.5, 0.6) is 17.2 Å². The second kappa shape index (κ2) is 12.2. The average Bonchev–Trinajstić information content (AvgIpc) is 2.87. The zero-order valence-corrected chi connectivity index (χ0v) is 21.3. The van der Waals surface area contributed by atoms with Crippen LogP contribution in [0.15, 0.2) is 107 Å². The van der Waals surface area contributed by atoms with Crippen LogP contribution in [0.2, 0.25) is 0 Å². The number of hydrogen-bond donors (Lipinski definition) is 2. The van der Waals surface area contributed by atoms with Crippen molar-refractivity contribution in [3.8, 4) is 17.2 Å². The number of phenols is 2. The summed E-state index contributed by atoms with van der Waals surface area (Å²) >= 11 is 1.59. The first-order valence-corrected chi connectivity index (χ1v) is 12.6. The maximum absolute atomic E-state index is 10.1. The summed E-state index contributed by atoms with van der Waals surface area (Å²) < 4.78 is 5.61. The van der Waals surface area contributed by atoms with Gasteiger partial charge in [-0.1, -0.05) is 60.3 Å².